The molecule has 0 unspecified atom stereocenters. The van der Waals surface area contributed by atoms with Crippen molar-refractivity contribution < 1.29 is 14.3 Å². The average Bonchev–Trinajstić information content (AvgIpc) is 2.49. The molecule has 0 amide bonds. The first-order valence-corrected chi connectivity index (χ1v) is 6.24. The van der Waals surface area contributed by atoms with Crippen LogP contribution in [0.1, 0.15) is 5.56 Å². The summed E-state index contributed by atoms with van der Waals surface area (Å²) in [5, 5.41) is 0. The summed E-state index contributed by atoms with van der Waals surface area (Å²) in [5.41, 5.74) is 2.79. The Balaban J connectivity index is 2.49. The van der Waals surface area contributed by atoms with E-state index in [4.69, 9.17) is 9.47 Å². The van der Waals surface area contributed by atoms with Gasteiger partial charge in [-0.2, -0.15) is 0 Å². The summed E-state index contributed by atoms with van der Waals surface area (Å²) in [6.45, 7) is 5.25. The number of esters is 1. The molecule has 0 heterocycles. The van der Waals surface area contributed by atoms with Crippen LogP contribution in [0.3, 0.4) is 0 Å². The molecule has 0 radical (unpaired) electrons. The van der Waals surface area contributed by atoms with Gasteiger partial charge in [-0.1, -0.05) is 36.9 Å². The van der Waals surface area contributed by atoms with Crippen molar-refractivity contribution in [2.45, 2.75) is 6.92 Å². The molecule has 0 saturated heterocycles. The highest BCUT2D eigenvalue weighted by Crippen LogP contribution is 2.37. The molecule has 0 aliphatic rings. The maximum Gasteiger partial charge on any atom is 0.335 e. The van der Waals surface area contributed by atoms with E-state index in [2.05, 4.69) is 6.58 Å². The van der Waals surface area contributed by atoms with Crippen LogP contribution in [0, 0.1) is 6.92 Å². The molecular weight excluding hydrogens is 252 g/mol. The largest absolute Gasteiger partial charge is 0.496 e. The van der Waals surface area contributed by atoms with Crippen LogP contribution in [-0.2, 0) is 4.79 Å². The van der Waals surface area contributed by atoms with E-state index in [0.29, 0.717) is 11.5 Å². The molecule has 0 fully saturated rings. The first-order valence-electron chi connectivity index (χ1n) is 6.24. The molecule has 0 bridgehead atoms. The van der Waals surface area contributed by atoms with E-state index in [0.717, 1.165) is 22.8 Å². The van der Waals surface area contributed by atoms with Crippen molar-refractivity contribution >= 4 is 5.97 Å². The lowest BCUT2D eigenvalue weighted by atomic mass is 10.0. The Hall–Kier alpha value is -2.55. The highest BCUT2D eigenvalue weighted by Gasteiger charge is 2.14. The van der Waals surface area contributed by atoms with Gasteiger partial charge in [-0.15, -0.1) is 0 Å². The second-order valence-electron chi connectivity index (χ2n) is 4.26. The zero-order chi connectivity index (χ0) is 14.5. The Morgan fingerprint density at radius 3 is 2.45 bits per heavy atom. The minimum absolute atomic E-state index is 0.478. The van der Waals surface area contributed by atoms with E-state index in [1.165, 1.54) is 0 Å². The fraction of sp³-hybridized carbons (Fsp3) is 0.118. The molecule has 0 N–H and O–H groups in total. The predicted molar refractivity (Wildman–Crippen MR) is 79.0 cm³/mol. The number of methoxy groups -OCH3 is 1. The maximum atomic E-state index is 11.3. The van der Waals surface area contributed by atoms with Crippen molar-refractivity contribution in [3.8, 4) is 22.6 Å². The molecule has 102 valence electrons. The van der Waals surface area contributed by atoms with Gasteiger partial charge in [0.2, 0.25) is 0 Å². The van der Waals surface area contributed by atoms with Gasteiger partial charge in [0.05, 0.1) is 7.11 Å². The van der Waals surface area contributed by atoms with Gasteiger partial charge in [-0.05, 0) is 24.6 Å². The van der Waals surface area contributed by atoms with Crippen LogP contribution in [0.15, 0.2) is 55.1 Å². The highest BCUT2D eigenvalue weighted by atomic mass is 16.5. The second kappa shape index (κ2) is 6.06. The molecule has 0 spiro atoms. The number of ether oxygens (including phenoxy) is 2. The Morgan fingerprint density at radius 1 is 1.15 bits per heavy atom. The van der Waals surface area contributed by atoms with E-state index in [1.807, 2.05) is 43.3 Å². The normalized spacial score (nSPS) is 9.90. The second-order valence-corrected chi connectivity index (χ2v) is 4.26. The topological polar surface area (TPSA) is 35.5 Å². The molecule has 2 aromatic carbocycles. The fourth-order valence-corrected chi connectivity index (χ4v) is 2.04. The van der Waals surface area contributed by atoms with E-state index < -0.39 is 5.97 Å². The van der Waals surface area contributed by atoms with Crippen molar-refractivity contribution in [1.82, 2.24) is 0 Å². The summed E-state index contributed by atoms with van der Waals surface area (Å²) < 4.78 is 10.7. The van der Waals surface area contributed by atoms with Crippen molar-refractivity contribution in [2.24, 2.45) is 0 Å². The van der Waals surface area contributed by atoms with Crippen molar-refractivity contribution in [1.29, 1.82) is 0 Å². The van der Waals surface area contributed by atoms with Gasteiger partial charge in [0.15, 0.2) is 0 Å². The van der Waals surface area contributed by atoms with Crippen LogP contribution < -0.4 is 9.47 Å². The molecule has 0 aliphatic heterocycles. The number of rotatable bonds is 4. The minimum atomic E-state index is -0.484. The molecule has 2 rings (SSSR count). The zero-order valence-electron chi connectivity index (χ0n) is 11.6. The van der Waals surface area contributed by atoms with Crippen molar-refractivity contribution in [3.63, 3.8) is 0 Å². The molecule has 0 aliphatic carbocycles. The predicted octanol–water partition coefficient (Wildman–Crippen LogP) is 3.76. The molecule has 3 heteroatoms. The lowest BCUT2D eigenvalue weighted by Crippen LogP contribution is -2.05. The Morgan fingerprint density at radius 2 is 1.85 bits per heavy atom. The summed E-state index contributed by atoms with van der Waals surface area (Å²) in [6.07, 6.45) is 1.14. The number of benzene rings is 2. The first kappa shape index (κ1) is 13.9. The lowest BCUT2D eigenvalue weighted by molar-refractivity contribution is -0.129. The van der Waals surface area contributed by atoms with Crippen molar-refractivity contribution in [3.05, 3.63) is 60.7 Å². The van der Waals surface area contributed by atoms with Crippen molar-refractivity contribution in [2.75, 3.05) is 7.11 Å². The summed E-state index contributed by atoms with van der Waals surface area (Å²) in [6, 6.07) is 13.6. The van der Waals surface area contributed by atoms with Gasteiger partial charge in [0, 0.05) is 17.2 Å². The van der Waals surface area contributed by atoms with E-state index >= 15 is 0 Å². The standard InChI is InChI=1S/C17H16O3/c1-4-16(18)20-15-11-10-14(17(19-3)12(15)2)13-8-6-5-7-9-13/h4-11H,1H2,2-3H3. The molecule has 20 heavy (non-hydrogen) atoms. The third-order valence-electron chi connectivity index (χ3n) is 3.02. The number of carbonyl (C=O) groups excluding carboxylic acids is 1. The van der Waals surface area contributed by atoms with Crippen LogP contribution in [0.5, 0.6) is 11.5 Å². The molecule has 0 aromatic heterocycles. The zero-order valence-corrected chi connectivity index (χ0v) is 11.6. The number of carbonyl (C=O) groups is 1. The maximum absolute atomic E-state index is 11.3. The van der Waals surface area contributed by atoms with Gasteiger partial charge in [0.25, 0.3) is 0 Å². The van der Waals surface area contributed by atoms with Gasteiger partial charge >= 0.3 is 5.97 Å². The first-order chi connectivity index (χ1) is 9.67. The van der Waals surface area contributed by atoms with E-state index in [-0.39, 0.29) is 0 Å². The summed E-state index contributed by atoms with van der Waals surface area (Å²) >= 11 is 0. The smallest absolute Gasteiger partial charge is 0.335 e. The van der Waals surface area contributed by atoms with Gasteiger partial charge < -0.3 is 9.47 Å². The van der Waals surface area contributed by atoms with E-state index in [9.17, 15) is 4.79 Å². The van der Waals surface area contributed by atoms with Gasteiger partial charge in [-0.25, -0.2) is 4.79 Å². The molecule has 3 nitrogen and oxygen atoms in total. The molecule has 2 aromatic rings. The number of hydrogen-bond donors (Lipinski definition) is 0. The van der Waals surface area contributed by atoms with Crippen LogP contribution in [0.2, 0.25) is 0 Å². The fourth-order valence-electron chi connectivity index (χ4n) is 2.04. The Bertz CT molecular complexity index is 630. The minimum Gasteiger partial charge on any atom is -0.496 e. The summed E-state index contributed by atoms with van der Waals surface area (Å²) in [4.78, 5) is 11.3. The van der Waals surface area contributed by atoms with Crippen LogP contribution in [0.25, 0.3) is 11.1 Å². The average molecular weight is 268 g/mol. The highest BCUT2D eigenvalue weighted by molar-refractivity contribution is 5.84. The third kappa shape index (κ3) is 2.72. The Labute approximate surface area is 118 Å². The molecule has 0 atom stereocenters. The molecule has 0 saturated carbocycles. The third-order valence-corrected chi connectivity index (χ3v) is 3.02. The van der Waals surface area contributed by atoms with Gasteiger partial charge in [0.1, 0.15) is 11.5 Å². The van der Waals surface area contributed by atoms with E-state index in [1.54, 1.807) is 13.2 Å². The monoisotopic (exact) mass is 268 g/mol. The Kier molecular flexibility index (Phi) is 4.20. The summed E-state index contributed by atoms with van der Waals surface area (Å²) in [5.74, 6) is 0.694. The van der Waals surface area contributed by atoms with Crippen LogP contribution in [0.4, 0.5) is 0 Å². The van der Waals surface area contributed by atoms with Crippen LogP contribution in [-0.4, -0.2) is 13.1 Å². The van der Waals surface area contributed by atoms with Crippen LogP contribution >= 0.6 is 0 Å². The van der Waals surface area contributed by atoms with Gasteiger partial charge in [-0.3, -0.25) is 0 Å². The number of hydrogen-bond acceptors (Lipinski definition) is 3. The summed E-state index contributed by atoms with van der Waals surface area (Å²) in [7, 11) is 1.61. The quantitative estimate of drug-likeness (QED) is 0.481. The molecular formula is C17H16O3. The SMILES string of the molecule is C=CC(=O)Oc1ccc(-c2ccccc2)c(OC)c1C. The lowest BCUT2D eigenvalue weighted by Gasteiger charge is -2.14.